The van der Waals surface area contributed by atoms with Crippen LogP contribution in [0, 0.1) is 0 Å². The summed E-state index contributed by atoms with van der Waals surface area (Å²) in [5.41, 5.74) is 1.26. The number of guanidine groups is 1. The molecule has 0 unspecified atom stereocenters. The highest BCUT2D eigenvalue weighted by atomic mass is 127. The summed E-state index contributed by atoms with van der Waals surface area (Å²) >= 11 is 1.71. The van der Waals surface area contributed by atoms with Crippen molar-refractivity contribution in [3.63, 3.8) is 0 Å². The molecule has 26 heavy (non-hydrogen) atoms. The highest BCUT2D eigenvalue weighted by Crippen LogP contribution is 2.15. The number of rotatable bonds is 7. The van der Waals surface area contributed by atoms with E-state index in [9.17, 15) is 0 Å². The van der Waals surface area contributed by atoms with E-state index in [1.54, 1.807) is 11.3 Å². The van der Waals surface area contributed by atoms with Crippen molar-refractivity contribution in [1.29, 1.82) is 0 Å². The molecule has 144 valence electrons. The van der Waals surface area contributed by atoms with Crippen LogP contribution in [-0.2, 0) is 25.9 Å². The lowest BCUT2D eigenvalue weighted by Crippen LogP contribution is -2.37. The van der Waals surface area contributed by atoms with Crippen LogP contribution in [0.1, 0.15) is 49.8 Å². The summed E-state index contributed by atoms with van der Waals surface area (Å²) in [4.78, 5) is 4.64. The van der Waals surface area contributed by atoms with Gasteiger partial charge in [0, 0.05) is 32.5 Å². The van der Waals surface area contributed by atoms with Crippen molar-refractivity contribution < 1.29 is 0 Å². The van der Waals surface area contributed by atoms with Crippen LogP contribution in [0.15, 0.2) is 21.8 Å². The summed E-state index contributed by atoms with van der Waals surface area (Å²) in [5.74, 6) is 3.19. The number of nitrogens with zero attached hydrogens (tertiary/aromatic N) is 4. The van der Waals surface area contributed by atoms with E-state index in [0.717, 1.165) is 57.2 Å². The molecule has 0 radical (unpaired) electrons. The molecule has 2 aromatic rings. The van der Waals surface area contributed by atoms with Crippen LogP contribution in [0.3, 0.4) is 0 Å². The van der Waals surface area contributed by atoms with E-state index >= 15 is 0 Å². The zero-order valence-corrected chi connectivity index (χ0v) is 18.6. The largest absolute Gasteiger partial charge is 0.357 e. The fraction of sp³-hybridized carbons (Fsp3) is 0.611. The number of halogens is 1. The average Bonchev–Trinajstić information content (AvgIpc) is 3.21. The van der Waals surface area contributed by atoms with E-state index in [-0.39, 0.29) is 24.0 Å². The Morgan fingerprint density at radius 1 is 1.27 bits per heavy atom. The smallest absolute Gasteiger partial charge is 0.191 e. The highest BCUT2D eigenvalue weighted by molar-refractivity contribution is 14.0. The van der Waals surface area contributed by atoms with E-state index < -0.39 is 0 Å². The second-order valence-electron chi connectivity index (χ2n) is 6.35. The molecule has 6 nitrogen and oxygen atoms in total. The Morgan fingerprint density at radius 3 is 3.00 bits per heavy atom. The van der Waals surface area contributed by atoms with Gasteiger partial charge >= 0.3 is 0 Å². The van der Waals surface area contributed by atoms with E-state index in [0.29, 0.717) is 0 Å². The first-order valence-electron chi connectivity index (χ1n) is 9.31. The standard InChI is InChI=1S/C18H28N6S.HI/c1-2-19-18(21-13-15-9-12-25-14-15)20-10-6-8-17-23-22-16-7-4-3-5-11-24(16)17;/h9,12,14H,2-8,10-11,13H2,1H3,(H2,19,20,21);1H. The van der Waals surface area contributed by atoms with Gasteiger partial charge in [-0.3, -0.25) is 0 Å². The first-order chi connectivity index (χ1) is 12.4. The van der Waals surface area contributed by atoms with Gasteiger partial charge in [0.2, 0.25) is 0 Å². The summed E-state index contributed by atoms with van der Waals surface area (Å²) in [6.45, 7) is 5.64. The van der Waals surface area contributed by atoms with Crippen LogP contribution in [-0.4, -0.2) is 33.8 Å². The molecule has 0 saturated carbocycles. The zero-order valence-electron chi connectivity index (χ0n) is 15.4. The van der Waals surface area contributed by atoms with Crippen LogP contribution in [0.4, 0.5) is 0 Å². The Balaban J connectivity index is 0.00000243. The van der Waals surface area contributed by atoms with E-state index in [1.807, 2.05) is 0 Å². The molecule has 3 heterocycles. The normalized spacial score (nSPS) is 14.3. The van der Waals surface area contributed by atoms with Crippen molar-refractivity contribution in [3.8, 4) is 0 Å². The summed E-state index contributed by atoms with van der Waals surface area (Å²) in [6.07, 6.45) is 6.86. The van der Waals surface area contributed by atoms with E-state index in [1.165, 1.54) is 30.7 Å². The fourth-order valence-electron chi connectivity index (χ4n) is 3.08. The minimum absolute atomic E-state index is 0. The number of aryl methyl sites for hydroxylation is 2. The molecule has 0 amide bonds. The number of hydrogen-bond acceptors (Lipinski definition) is 4. The lowest BCUT2D eigenvalue weighted by atomic mass is 10.2. The zero-order chi connectivity index (χ0) is 17.3. The quantitative estimate of drug-likeness (QED) is 0.272. The maximum Gasteiger partial charge on any atom is 0.191 e. The number of nitrogens with one attached hydrogen (secondary N) is 2. The second kappa shape index (κ2) is 11.5. The van der Waals surface area contributed by atoms with Crippen LogP contribution < -0.4 is 10.6 Å². The van der Waals surface area contributed by atoms with Crippen LogP contribution in [0.5, 0.6) is 0 Å². The number of aliphatic imine (C=N–C) groups is 1. The van der Waals surface area contributed by atoms with Gasteiger partial charge in [-0.25, -0.2) is 4.99 Å². The minimum Gasteiger partial charge on any atom is -0.357 e. The summed E-state index contributed by atoms with van der Waals surface area (Å²) in [5, 5.41) is 19.7. The Bertz CT molecular complexity index is 667. The predicted octanol–water partition coefficient (Wildman–Crippen LogP) is 3.37. The maximum absolute atomic E-state index is 4.64. The number of hydrogen-bond donors (Lipinski definition) is 2. The van der Waals surface area contributed by atoms with Gasteiger partial charge in [-0.2, -0.15) is 11.3 Å². The number of fused-ring (bicyclic) bond motifs is 1. The van der Waals surface area contributed by atoms with Crippen molar-refractivity contribution >= 4 is 41.3 Å². The lowest BCUT2D eigenvalue weighted by Gasteiger charge is -2.11. The van der Waals surface area contributed by atoms with Gasteiger partial charge in [0.1, 0.15) is 11.6 Å². The van der Waals surface area contributed by atoms with Gasteiger partial charge in [0.15, 0.2) is 5.96 Å². The first kappa shape index (κ1) is 21.1. The van der Waals surface area contributed by atoms with E-state index in [4.69, 9.17) is 0 Å². The maximum atomic E-state index is 4.64. The molecular formula is C18H29IN6S. The monoisotopic (exact) mass is 488 g/mol. The van der Waals surface area contributed by atoms with Gasteiger partial charge in [-0.15, -0.1) is 34.2 Å². The number of thiophene rings is 1. The predicted molar refractivity (Wildman–Crippen MR) is 118 cm³/mol. The van der Waals surface area contributed by atoms with Gasteiger partial charge < -0.3 is 15.2 Å². The van der Waals surface area contributed by atoms with Gasteiger partial charge in [-0.05, 0) is 48.6 Å². The summed E-state index contributed by atoms with van der Waals surface area (Å²) < 4.78 is 2.34. The molecule has 2 aromatic heterocycles. The molecule has 1 aliphatic rings. The molecule has 3 rings (SSSR count). The molecule has 0 atom stereocenters. The van der Waals surface area contributed by atoms with Gasteiger partial charge in [0.05, 0.1) is 6.54 Å². The molecule has 0 aromatic carbocycles. The molecule has 0 spiro atoms. The minimum atomic E-state index is 0. The molecule has 1 aliphatic heterocycles. The van der Waals surface area contributed by atoms with Crippen LogP contribution >= 0.6 is 35.3 Å². The fourth-order valence-corrected chi connectivity index (χ4v) is 3.74. The first-order valence-corrected chi connectivity index (χ1v) is 10.3. The molecule has 0 bridgehead atoms. The molecular weight excluding hydrogens is 459 g/mol. The molecule has 8 heteroatoms. The van der Waals surface area contributed by atoms with Gasteiger partial charge in [0.25, 0.3) is 0 Å². The van der Waals surface area contributed by atoms with Gasteiger partial charge in [-0.1, -0.05) is 6.42 Å². The SMILES string of the molecule is CCNC(=NCc1ccsc1)NCCCc1nnc2n1CCCCC2.I. The Morgan fingerprint density at radius 2 is 2.19 bits per heavy atom. The van der Waals surface area contributed by atoms with Crippen LogP contribution in [0.25, 0.3) is 0 Å². The van der Waals surface area contributed by atoms with Crippen molar-refractivity contribution in [3.05, 3.63) is 34.0 Å². The molecule has 0 fully saturated rings. The van der Waals surface area contributed by atoms with Crippen molar-refractivity contribution in [1.82, 2.24) is 25.4 Å². The Kier molecular flexibility index (Phi) is 9.38. The Hall–Kier alpha value is -1.16. The molecule has 0 aliphatic carbocycles. The van der Waals surface area contributed by atoms with E-state index in [2.05, 4.69) is 54.1 Å². The molecule has 0 saturated heterocycles. The lowest BCUT2D eigenvalue weighted by molar-refractivity contribution is 0.594. The summed E-state index contributed by atoms with van der Waals surface area (Å²) in [7, 11) is 0. The number of aromatic nitrogens is 3. The van der Waals surface area contributed by atoms with Crippen molar-refractivity contribution in [2.75, 3.05) is 13.1 Å². The van der Waals surface area contributed by atoms with Crippen molar-refractivity contribution in [2.45, 2.75) is 58.5 Å². The third-order valence-corrected chi connectivity index (χ3v) is 5.13. The topological polar surface area (TPSA) is 67.1 Å². The third kappa shape index (κ3) is 6.22. The average molecular weight is 488 g/mol. The third-order valence-electron chi connectivity index (χ3n) is 4.40. The van der Waals surface area contributed by atoms with Crippen LogP contribution in [0.2, 0.25) is 0 Å². The Labute approximate surface area is 176 Å². The summed E-state index contributed by atoms with van der Waals surface area (Å²) in [6, 6.07) is 2.12. The highest BCUT2D eigenvalue weighted by Gasteiger charge is 2.14. The molecule has 2 N–H and O–H groups in total. The second-order valence-corrected chi connectivity index (χ2v) is 7.13. The van der Waals surface area contributed by atoms with Crippen molar-refractivity contribution in [2.24, 2.45) is 4.99 Å².